The number of ether oxygens (including phenoxy) is 4. The number of thiazole rings is 1. The Balaban J connectivity index is 1.97. The Morgan fingerprint density at radius 3 is 2.54 bits per heavy atom. The first-order valence-electron chi connectivity index (χ1n) is 8.36. The van der Waals surface area contributed by atoms with Crippen molar-refractivity contribution >= 4 is 48.5 Å². The first-order valence-corrected chi connectivity index (χ1v) is 9.97. The summed E-state index contributed by atoms with van der Waals surface area (Å²) >= 11 is 4.79. The number of benzene rings is 2. The SMILES string of the molecule is CCOc1cccc2sc(NC(=O)c3cc(OC)c(OC)c(OC)c3Br)nc12. The van der Waals surface area contributed by atoms with E-state index in [0.717, 1.165) is 4.70 Å². The van der Waals surface area contributed by atoms with Gasteiger partial charge in [-0.15, -0.1) is 0 Å². The van der Waals surface area contributed by atoms with Gasteiger partial charge in [0.1, 0.15) is 11.3 Å². The Labute approximate surface area is 174 Å². The maximum atomic E-state index is 12.9. The molecule has 0 saturated carbocycles. The number of hydrogen-bond acceptors (Lipinski definition) is 7. The molecule has 0 aliphatic heterocycles. The summed E-state index contributed by atoms with van der Waals surface area (Å²) in [6.07, 6.45) is 0. The molecule has 9 heteroatoms. The molecule has 2 aromatic carbocycles. The molecule has 0 aliphatic rings. The zero-order valence-corrected chi connectivity index (χ0v) is 18.2. The monoisotopic (exact) mass is 466 g/mol. The number of nitrogens with zero attached hydrogens (tertiary/aromatic N) is 1. The van der Waals surface area contributed by atoms with Crippen molar-refractivity contribution in [1.29, 1.82) is 0 Å². The first kappa shape index (κ1) is 20.2. The van der Waals surface area contributed by atoms with E-state index in [4.69, 9.17) is 18.9 Å². The van der Waals surface area contributed by atoms with Gasteiger partial charge in [0.25, 0.3) is 5.91 Å². The van der Waals surface area contributed by atoms with Crippen molar-refractivity contribution in [2.75, 3.05) is 33.3 Å². The molecular formula is C19H19BrN2O5S. The van der Waals surface area contributed by atoms with Crippen LogP contribution in [0.4, 0.5) is 5.13 Å². The number of carbonyl (C=O) groups is 1. The van der Waals surface area contributed by atoms with Gasteiger partial charge in [-0.3, -0.25) is 10.1 Å². The lowest BCUT2D eigenvalue weighted by Crippen LogP contribution is -2.13. The van der Waals surface area contributed by atoms with Crippen LogP contribution in [0.25, 0.3) is 10.2 Å². The van der Waals surface area contributed by atoms with E-state index in [1.54, 1.807) is 6.07 Å². The van der Waals surface area contributed by atoms with Crippen LogP contribution in [0.5, 0.6) is 23.0 Å². The molecule has 28 heavy (non-hydrogen) atoms. The van der Waals surface area contributed by atoms with Crippen molar-refractivity contribution in [2.24, 2.45) is 0 Å². The van der Waals surface area contributed by atoms with E-state index in [1.807, 2.05) is 25.1 Å². The summed E-state index contributed by atoms with van der Waals surface area (Å²) in [5.41, 5.74) is 1.05. The number of carbonyl (C=O) groups excluding carboxylic acids is 1. The standard InChI is InChI=1S/C19H19BrN2O5S/c1-5-27-11-7-6-8-13-15(11)21-19(28-13)22-18(23)10-9-12(24-2)16(25-3)17(26-4)14(10)20/h6-9H,5H2,1-4H3,(H,21,22,23). The summed E-state index contributed by atoms with van der Waals surface area (Å²) in [4.78, 5) is 17.4. The minimum Gasteiger partial charge on any atom is -0.493 e. The van der Waals surface area contributed by atoms with Gasteiger partial charge in [0.15, 0.2) is 16.6 Å². The smallest absolute Gasteiger partial charge is 0.258 e. The van der Waals surface area contributed by atoms with Gasteiger partial charge in [0.05, 0.1) is 42.7 Å². The number of halogens is 1. The van der Waals surface area contributed by atoms with Crippen LogP contribution in [0.3, 0.4) is 0 Å². The third-order valence-electron chi connectivity index (χ3n) is 3.92. The molecule has 0 fully saturated rings. The molecule has 0 spiro atoms. The third-order valence-corrected chi connectivity index (χ3v) is 5.64. The Morgan fingerprint density at radius 2 is 1.89 bits per heavy atom. The van der Waals surface area contributed by atoms with Gasteiger partial charge >= 0.3 is 0 Å². The molecule has 0 aliphatic carbocycles. The normalized spacial score (nSPS) is 10.6. The molecule has 3 rings (SSSR count). The minimum atomic E-state index is -0.358. The van der Waals surface area contributed by atoms with Gasteiger partial charge in [0, 0.05) is 0 Å². The molecule has 0 bridgehead atoms. The number of rotatable bonds is 7. The molecule has 0 radical (unpaired) electrons. The highest BCUT2D eigenvalue weighted by Gasteiger charge is 2.23. The predicted octanol–water partition coefficient (Wildman–Crippen LogP) is 4.74. The summed E-state index contributed by atoms with van der Waals surface area (Å²) in [6, 6.07) is 7.26. The van der Waals surface area contributed by atoms with Gasteiger partial charge in [-0.1, -0.05) is 17.4 Å². The zero-order valence-electron chi connectivity index (χ0n) is 15.8. The van der Waals surface area contributed by atoms with Gasteiger partial charge in [0.2, 0.25) is 5.75 Å². The van der Waals surface area contributed by atoms with E-state index in [9.17, 15) is 4.79 Å². The van der Waals surface area contributed by atoms with Crippen LogP contribution in [0.15, 0.2) is 28.7 Å². The number of aromatic nitrogens is 1. The summed E-state index contributed by atoms with van der Waals surface area (Å²) in [7, 11) is 4.49. The van der Waals surface area contributed by atoms with Crippen molar-refractivity contribution in [3.05, 3.63) is 34.3 Å². The van der Waals surface area contributed by atoms with Crippen LogP contribution < -0.4 is 24.3 Å². The summed E-state index contributed by atoms with van der Waals surface area (Å²) in [5, 5.41) is 3.29. The number of nitrogens with one attached hydrogen (secondary N) is 1. The van der Waals surface area contributed by atoms with Crippen molar-refractivity contribution in [3.63, 3.8) is 0 Å². The highest BCUT2D eigenvalue weighted by atomic mass is 79.9. The Kier molecular flexibility index (Phi) is 6.25. The maximum Gasteiger partial charge on any atom is 0.258 e. The van der Waals surface area contributed by atoms with Crippen molar-refractivity contribution in [2.45, 2.75) is 6.92 Å². The molecule has 0 unspecified atom stereocenters. The second-order valence-corrected chi connectivity index (χ2v) is 7.34. The molecule has 148 valence electrons. The van der Waals surface area contributed by atoms with Crippen molar-refractivity contribution < 1.29 is 23.7 Å². The zero-order chi connectivity index (χ0) is 20.3. The average molecular weight is 467 g/mol. The molecule has 7 nitrogen and oxygen atoms in total. The van der Waals surface area contributed by atoms with Gasteiger partial charge in [-0.2, -0.15) is 0 Å². The lowest BCUT2D eigenvalue weighted by molar-refractivity contribution is 0.102. The first-order chi connectivity index (χ1) is 13.5. The van der Waals surface area contributed by atoms with E-state index in [2.05, 4.69) is 26.2 Å². The Hall–Kier alpha value is -2.52. The van der Waals surface area contributed by atoms with E-state index < -0.39 is 0 Å². The number of fused-ring (bicyclic) bond motifs is 1. The van der Waals surface area contributed by atoms with Crippen molar-refractivity contribution in [1.82, 2.24) is 4.98 Å². The molecule has 1 aromatic heterocycles. The van der Waals surface area contributed by atoms with Crippen LogP contribution >= 0.6 is 27.3 Å². The Morgan fingerprint density at radius 1 is 1.14 bits per heavy atom. The van der Waals surface area contributed by atoms with Gasteiger partial charge in [-0.25, -0.2) is 4.98 Å². The molecular weight excluding hydrogens is 448 g/mol. The number of amides is 1. The number of para-hydroxylation sites is 1. The highest BCUT2D eigenvalue weighted by Crippen LogP contribution is 2.45. The molecule has 3 aromatic rings. The molecule has 1 heterocycles. The Bertz CT molecular complexity index is 1020. The number of methoxy groups -OCH3 is 3. The van der Waals surface area contributed by atoms with Crippen LogP contribution in [-0.2, 0) is 0 Å². The fourth-order valence-corrected chi connectivity index (χ4v) is 4.21. The maximum absolute atomic E-state index is 12.9. The lowest BCUT2D eigenvalue weighted by Gasteiger charge is -2.16. The largest absolute Gasteiger partial charge is 0.493 e. The molecule has 1 N–H and O–H groups in total. The number of hydrogen-bond donors (Lipinski definition) is 1. The molecule has 1 amide bonds. The number of anilines is 1. The van der Waals surface area contributed by atoms with Crippen LogP contribution in [-0.4, -0.2) is 38.8 Å². The topological polar surface area (TPSA) is 78.9 Å². The van der Waals surface area contributed by atoms with Gasteiger partial charge < -0.3 is 18.9 Å². The fourth-order valence-electron chi connectivity index (χ4n) is 2.70. The summed E-state index contributed by atoms with van der Waals surface area (Å²) < 4.78 is 23.0. The highest BCUT2D eigenvalue weighted by molar-refractivity contribution is 9.10. The van der Waals surface area contributed by atoms with Crippen LogP contribution in [0.2, 0.25) is 0 Å². The lowest BCUT2D eigenvalue weighted by atomic mass is 10.1. The second kappa shape index (κ2) is 8.66. The predicted molar refractivity (Wildman–Crippen MR) is 113 cm³/mol. The molecule has 0 saturated heterocycles. The average Bonchev–Trinajstić information content (AvgIpc) is 3.10. The summed E-state index contributed by atoms with van der Waals surface area (Å²) in [6.45, 7) is 2.45. The molecule has 0 atom stereocenters. The fraction of sp³-hybridized carbons (Fsp3) is 0.263. The minimum absolute atomic E-state index is 0.332. The van der Waals surface area contributed by atoms with Gasteiger partial charge in [-0.05, 0) is 41.1 Å². The van der Waals surface area contributed by atoms with E-state index in [-0.39, 0.29) is 5.91 Å². The second-order valence-electron chi connectivity index (χ2n) is 5.52. The van der Waals surface area contributed by atoms with Crippen LogP contribution in [0.1, 0.15) is 17.3 Å². The van der Waals surface area contributed by atoms with Crippen LogP contribution in [0, 0.1) is 0 Å². The van der Waals surface area contributed by atoms with Crippen molar-refractivity contribution in [3.8, 4) is 23.0 Å². The van der Waals surface area contributed by atoms with E-state index in [1.165, 1.54) is 32.7 Å². The third kappa shape index (κ3) is 3.72. The van der Waals surface area contributed by atoms with E-state index in [0.29, 0.717) is 50.3 Å². The quantitative estimate of drug-likeness (QED) is 0.541. The summed E-state index contributed by atoms with van der Waals surface area (Å²) in [5.74, 6) is 1.48. The van der Waals surface area contributed by atoms with E-state index >= 15 is 0 Å².